The van der Waals surface area contributed by atoms with Crippen LogP contribution in [-0.2, 0) is 30.0 Å². The van der Waals surface area contributed by atoms with E-state index in [1.807, 2.05) is 25.1 Å². The van der Waals surface area contributed by atoms with Gasteiger partial charge in [0, 0.05) is 26.2 Å². The van der Waals surface area contributed by atoms with Gasteiger partial charge in [0.15, 0.2) is 5.03 Å². The first kappa shape index (κ1) is 14.1. The number of aromatic nitrogens is 2. The van der Waals surface area contributed by atoms with Crippen molar-refractivity contribution in [2.75, 3.05) is 0 Å². The number of fused-ring (bicyclic) bond motifs is 1. The predicted molar refractivity (Wildman–Crippen MR) is 77.5 cm³/mol. The lowest BCUT2D eigenvalue weighted by Crippen LogP contribution is -2.23. The zero-order valence-electron chi connectivity index (χ0n) is 11.9. The Morgan fingerprint density at radius 3 is 3.00 bits per heavy atom. The number of nitrogens with one attached hydrogen (secondary N) is 1. The lowest BCUT2D eigenvalue weighted by molar-refractivity contribution is 0.254. The zero-order chi connectivity index (χ0) is 15.0. The van der Waals surface area contributed by atoms with Crippen molar-refractivity contribution >= 4 is 10.0 Å². The van der Waals surface area contributed by atoms with E-state index in [4.69, 9.17) is 4.74 Å². The molecule has 0 fully saturated rings. The van der Waals surface area contributed by atoms with E-state index < -0.39 is 10.0 Å². The van der Waals surface area contributed by atoms with E-state index in [9.17, 15) is 8.42 Å². The molecule has 2 heterocycles. The van der Waals surface area contributed by atoms with Crippen LogP contribution < -0.4 is 9.46 Å². The van der Waals surface area contributed by atoms with Crippen LogP contribution >= 0.6 is 0 Å². The molecule has 0 radical (unpaired) electrons. The lowest BCUT2D eigenvalue weighted by Gasteiger charge is -2.06. The Morgan fingerprint density at radius 2 is 2.29 bits per heavy atom. The molecule has 0 saturated heterocycles. The van der Waals surface area contributed by atoms with Crippen LogP contribution in [0.3, 0.4) is 0 Å². The van der Waals surface area contributed by atoms with Crippen LogP contribution in [0, 0.1) is 0 Å². The van der Waals surface area contributed by atoms with Gasteiger partial charge in [-0.1, -0.05) is 12.1 Å². The quantitative estimate of drug-likeness (QED) is 0.922. The fourth-order valence-electron chi connectivity index (χ4n) is 2.37. The van der Waals surface area contributed by atoms with E-state index in [1.165, 1.54) is 12.5 Å². The Balaban J connectivity index is 1.72. The molecule has 6 nitrogen and oxygen atoms in total. The number of imidazole rings is 1. The number of benzene rings is 1. The fourth-order valence-corrected chi connectivity index (χ4v) is 3.36. The second kappa shape index (κ2) is 5.16. The Bertz CT molecular complexity index is 768. The molecule has 0 aliphatic carbocycles. The summed E-state index contributed by atoms with van der Waals surface area (Å²) >= 11 is 0. The number of hydrogen-bond donors (Lipinski definition) is 1. The number of sulfonamides is 1. The highest BCUT2D eigenvalue weighted by atomic mass is 32.2. The molecule has 112 valence electrons. The third-order valence-corrected chi connectivity index (χ3v) is 4.67. The maximum Gasteiger partial charge on any atom is 0.259 e. The molecule has 0 saturated carbocycles. The molecular weight excluding hydrogens is 290 g/mol. The summed E-state index contributed by atoms with van der Waals surface area (Å²) in [6.07, 6.45) is 3.97. The molecule has 1 aliphatic rings. The van der Waals surface area contributed by atoms with Gasteiger partial charge < -0.3 is 9.30 Å². The van der Waals surface area contributed by atoms with Crippen molar-refractivity contribution in [3.63, 3.8) is 0 Å². The molecule has 1 aliphatic heterocycles. The zero-order valence-corrected chi connectivity index (χ0v) is 12.7. The predicted octanol–water partition coefficient (Wildman–Crippen LogP) is 1.22. The highest BCUT2D eigenvalue weighted by Gasteiger charge is 2.20. The van der Waals surface area contributed by atoms with E-state index in [1.54, 1.807) is 11.6 Å². The van der Waals surface area contributed by atoms with Crippen molar-refractivity contribution in [2.24, 2.45) is 7.05 Å². The molecule has 21 heavy (non-hydrogen) atoms. The Morgan fingerprint density at radius 1 is 1.48 bits per heavy atom. The third kappa shape index (κ3) is 2.93. The van der Waals surface area contributed by atoms with Crippen molar-refractivity contribution in [2.45, 2.75) is 31.0 Å². The van der Waals surface area contributed by atoms with Gasteiger partial charge in [0.1, 0.15) is 11.9 Å². The Kier molecular flexibility index (Phi) is 3.46. The lowest BCUT2D eigenvalue weighted by atomic mass is 10.1. The summed E-state index contributed by atoms with van der Waals surface area (Å²) in [6, 6.07) is 5.75. The summed E-state index contributed by atoms with van der Waals surface area (Å²) in [4.78, 5) is 3.86. The van der Waals surface area contributed by atoms with Crippen LogP contribution in [0.1, 0.15) is 18.1 Å². The number of aryl methyl sites for hydroxylation is 1. The van der Waals surface area contributed by atoms with Gasteiger partial charge in [-0.15, -0.1) is 0 Å². The van der Waals surface area contributed by atoms with Gasteiger partial charge in [-0.25, -0.2) is 18.1 Å². The van der Waals surface area contributed by atoms with E-state index in [0.29, 0.717) is 0 Å². The van der Waals surface area contributed by atoms with Crippen molar-refractivity contribution in [3.05, 3.63) is 41.9 Å². The molecule has 0 bridgehead atoms. The first-order valence-electron chi connectivity index (χ1n) is 6.70. The Hall–Kier alpha value is -1.86. The van der Waals surface area contributed by atoms with Gasteiger partial charge >= 0.3 is 0 Å². The molecule has 1 atom stereocenters. The van der Waals surface area contributed by atoms with Gasteiger partial charge in [0.25, 0.3) is 10.0 Å². The summed E-state index contributed by atoms with van der Waals surface area (Å²) in [7, 11) is -1.85. The molecular formula is C14H17N3O3S. The Labute approximate surface area is 123 Å². The smallest absolute Gasteiger partial charge is 0.259 e. The molecule has 0 spiro atoms. The number of nitrogens with zero attached hydrogens (tertiary/aromatic N) is 2. The van der Waals surface area contributed by atoms with E-state index in [-0.39, 0.29) is 17.7 Å². The topological polar surface area (TPSA) is 73.2 Å². The van der Waals surface area contributed by atoms with Crippen LogP contribution in [0.2, 0.25) is 0 Å². The van der Waals surface area contributed by atoms with Crippen LogP contribution in [-0.4, -0.2) is 24.1 Å². The third-order valence-electron chi connectivity index (χ3n) is 3.38. The normalized spacial score (nSPS) is 17.5. The largest absolute Gasteiger partial charge is 0.490 e. The van der Waals surface area contributed by atoms with E-state index in [0.717, 1.165) is 23.3 Å². The molecule has 1 aromatic heterocycles. The average molecular weight is 307 g/mol. The monoisotopic (exact) mass is 307 g/mol. The molecule has 2 aromatic rings. The highest BCUT2D eigenvalue weighted by molar-refractivity contribution is 7.89. The number of hydrogen-bond acceptors (Lipinski definition) is 4. The maximum absolute atomic E-state index is 12.1. The second-order valence-electron chi connectivity index (χ2n) is 5.28. The van der Waals surface area contributed by atoms with Crippen LogP contribution in [0.5, 0.6) is 5.75 Å². The summed E-state index contributed by atoms with van der Waals surface area (Å²) in [6.45, 7) is 2.25. The van der Waals surface area contributed by atoms with Gasteiger partial charge in [0.05, 0.1) is 6.33 Å². The summed E-state index contributed by atoms with van der Waals surface area (Å²) in [5, 5.41) is 0.0307. The molecule has 0 amide bonds. The molecule has 7 heteroatoms. The van der Waals surface area contributed by atoms with Crippen molar-refractivity contribution in [1.82, 2.24) is 14.3 Å². The van der Waals surface area contributed by atoms with E-state index >= 15 is 0 Å². The van der Waals surface area contributed by atoms with Gasteiger partial charge in [-0.05, 0) is 24.1 Å². The van der Waals surface area contributed by atoms with Crippen molar-refractivity contribution < 1.29 is 13.2 Å². The second-order valence-corrected chi connectivity index (χ2v) is 6.99. The molecule has 1 unspecified atom stereocenters. The van der Waals surface area contributed by atoms with Crippen LogP contribution in [0.25, 0.3) is 0 Å². The van der Waals surface area contributed by atoms with E-state index in [2.05, 4.69) is 9.71 Å². The summed E-state index contributed by atoms with van der Waals surface area (Å²) in [5.74, 6) is 0.888. The first-order chi connectivity index (χ1) is 9.94. The highest BCUT2D eigenvalue weighted by Crippen LogP contribution is 2.29. The van der Waals surface area contributed by atoms with Gasteiger partial charge in [0.2, 0.25) is 0 Å². The van der Waals surface area contributed by atoms with Crippen molar-refractivity contribution in [1.29, 1.82) is 0 Å². The minimum absolute atomic E-state index is 0.0307. The van der Waals surface area contributed by atoms with Crippen molar-refractivity contribution in [3.8, 4) is 5.75 Å². The summed E-state index contributed by atoms with van der Waals surface area (Å²) < 4.78 is 34.0. The number of rotatable bonds is 4. The maximum atomic E-state index is 12.1. The molecule has 1 aromatic carbocycles. The van der Waals surface area contributed by atoms with Crippen LogP contribution in [0.15, 0.2) is 35.7 Å². The average Bonchev–Trinajstić information content (AvgIpc) is 3.01. The van der Waals surface area contributed by atoms with Gasteiger partial charge in [-0.2, -0.15) is 0 Å². The molecule has 1 N–H and O–H groups in total. The van der Waals surface area contributed by atoms with Crippen LogP contribution in [0.4, 0.5) is 0 Å². The van der Waals surface area contributed by atoms with Gasteiger partial charge in [-0.3, -0.25) is 0 Å². The molecule has 3 rings (SSSR count). The minimum atomic E-state index is -3.58. The SMILES string of the molecule is CC1Cc2cc(CNS(=O)(=O)c3cn(C)cn3)ccc2O1. The number of ether oxygens (including phenoxy) is 1. The first-order valence-corrected chi connectivity index (χ1v) is 8.18. The fraction of sp³-hybridized carbons (Fsp3) is 0.357. The summed E-state index contributed by atoms with van der Waals surface area (Å²) in [5.41, 5.74) is 2.03. The standard InChI is InChI=1S/C14H17N3O3S/c1-10-5-12-6-11(3-4-13(12)20-10)7-16-21(18,19)14-8-17(2)9-15-14/h3-4,6,8-10,16H,5,7H2,1-2H3. The minimum Gasteiger partial charge on any atom is -0.490 e.